The fourth-order valence-corrected chi connectivity index (χ4v) is 2.67. The second kappa shape index (κ2) is 4.34. The van der Waals surface area contributed by atoms with Gasteiger partial charge in [0.15, 0.2) is 15.2 Å². The topological polar surface area (TPSA) is 84.5 Å². The highest BCUT2D eigenvalue weighted by atomic mass is 32.2. The van der Waals surface area contributed by atoms with Gasteiger partial charge in [0, 0.05) is 12.0 Å². The highest BCUT2D eigenvalue weighted by molar-refractivity contribution is 8.00. The van der Waals surface area contributed by atoms with Crippen molar-refractivity contribution in [1.82, 2.24) is 15.1 Å². The molecule has 0 fully saturated rings. The molecular weight excluding hydrogens is 250 g/mol. The number of nitro groups is 1. The Morgan fingerprint density at radius 1 is 1.62 bits per heavy atom. The minimum Gasteiger partial charge on any atom is -0.294 e. The van der Waals surface area contributed by atoms with Gasteiger partial charge in [0.25, 0.3) is 0 Å². The second-order valence-corrected chi connectivity index (χ2v) is 5.15. The summed E-state index contributed by atoms with van der Waals surface area (Å²) in [6.45, 7) is 0.174. The molecule has 86 valence electrons. The summed E-state index contributed by atoms with van der Waals surface area (Å²) in [7, 11) is 1.65. The molecule has 1 aromatic heterocycles. The summed E-state index contributed by atoms with van der Waals surface area (Å²) in [6.07, 6.45) is 1.13. The Morgan fingerprint density at radius 2 is 2.38 bits per heavy atom. The first-order chi connectivity index (χ1) is 7.63. The summed E-state index contributed by atoms with van der Waals surface area (Å²) in [4.78, 5) is 16.0. The van der Waals surface area contributed by atoms with Crippen LogP contribution in [0.2, 0.25) is 0 Å². The number of amidine groups is 1. The van der Waals surface area contributed by atoms with Gasteiger partial charge in [-0.25, -0.2) is 0 Å². The van der Waals surface area contributed by atoms with Gasteiger partial charge in [-0.15, -0.1) is 10.2 Å². The lowest BCUT2D eigenvalue weighted by Gasteiger charge is -2.14. The lowest BCUT2D eigenvalue weighted by atomic mass is 10.5. The van der Waals surface area contributed by atoms with Gasteiger partial charge in [-0.2, -0.15) is 0 Å². The lowest BCUT2D eigenvalue weighted by molar-refractivity contribution is -0.537. The summed E-state index contributed by atoms with van der Waals surface area (Å²) in [5.74, 6) is 0.555. The zero-order valence-corrected chi connectivity index (χ0v) is 10.3. The van der Waals surface area contributed by atoms with Crippen LogP contribution in [0.4, 0.5) is 0 Å². The molecule has 1 unspecified atom stereocenters. The molecule has 9 heteroatoms. The SMILES string of the molecule is CSc1nnc(C2=NCC([N+](=O)[O-])N2C)s1. The van der Waals surface area contributed by atoms with E-state index < -0.39 is 6.17 Å². The maximum Gasteiger partial charge on any atom is 0.307 e. The van der Waals surface area contributed by atoms with Crippen LogP contribution in [0.1, 0.15) is 5.01 Å². The molecule has 0 saturated heterocycles. The van der Waals surface area contributed by atoms with E-state index in [4.69, 9.17) is 0 Å². The number of nitrogens with zero attached hydrogens (tertiary/aromatic N) is 5. The van der Waals surface area contributed by atoms with Gasteiger partial charge >= 0.3 is 6.17 Å². The predicted octanol–water partition coefficient (Wildman–Crippen LogP) is 0.555. The number of aliphatic imine (C=N–C) groups is 1. The third-order valence-electron chi connectivity index (χ3n) is 2.20. The van der Waals surface area contributed by atoms with Gasteiger partial charge in [-0.3, -0.25) is 20.0 Å². The van der Waals surface area contributed by atoms with E-state index in [1.165, 1.54) is 28.0 Å². The fourth-order valence-electron chi connectivity index (χ4n) is 1.35. The summed E-state index contributed by atoms with van der Waals surface area (Å²) in [5, 5.41) is 19.2. The second-order valence-electron chi connectivity index (χ2n) is 3.12. The summed E-state index contributed by atoms with van der Waals surface area (Å²) in [5.41, 5.74) is 0. The third kappa shape index (κ3) is 1.87. The maximum atomic E-state index is 10.7. The van der Waals surface area contributed by atoms with Crippen LogP contribution in [0.3, 0.4) is 0 Å². The summed E-state index contributed by atoms with van der Waals surface area (Å²) in [6, 6.07) is 0. The van der Waals surface area contributed by atoms with Crippen molar-refractivity contribution >= 4 is 28.9 Å². The molecule has 0 saturated carbocycles. The van der Waals surface area contributed by atoms with E-state index in [2.05, 4.69) is 15.2 Å². The van der Waals surface area contributed by atoms with E-state index in [1.54, 1.807) is 7.05 Å². The number of hydrogen-bond acceptors (Lipinski definition) is 8. The maximum absolute atomic E-state index is 10.7. The van der Waals surface area contributed by atoms with E-state index >= 15 is 0 Å². The first-order valence-corrected chi connectivity index (χ1v) is 6.46. The molecule has 1 aliphatic heterocycles. The van der Waals surface area contributed by atoms with Gasteiger partial charge in [0.2, 0.25) is 0 Å². The van der Waals surface area contributed by atoms with Crippen LogP contribution in [-0.4, -0.2) is 51.9 Å². The standard InChI is InChI=1S/C7H9N5O2S2/c1-11-4(12(13)14)3-8-5(11)6-9-10-7(15-2)16-6/h4H,3H2,1-2H3. The van der Waals surface area contributed by atoms with Crippen LogP contribution in [-0.2, 0) is 0 Å². The smallest absolute Gasteiger partial charge is 0.294 e. The number of thioether (sulfide) groups is 1. The van der Waals surface area contributed by atoms with Gasteiger partial charge in [0.1, 0.15) is 6.54 Å². The van der Waals surface area contributed by atoms with Crippen LogP contribution in [0.5, 0.6) is 0 Å². The molecule has 2 heterocycles. The number of likely N-dealkylation sites (N-methyl/N-ethyl adjacent to an activating group) is 1. The molecule has 0 spiro atoms. The normalized spacial score (nSPS) is 20.0. The van der Waals surface area contributed by atoms with Crippen molar-refractivity contribution in [2.24, 2.45) is 4.99 Å². The van der Waals surface area contributed by atoms with Crippen molar-refractivity contribution < 1.29 is 4.92 Å². The van der Waals surface area contributed by atoms with Gasteiger partial charge in [-0.05, 0) is 6.26 Å². The number of aromatic nitrogens is 2. The van der Waals surface area contributed by atoms with Crippen LogP contribution in [0.15, 0.2) is 9.33 Å². The van der Waals surface area contributed by atoms with E-state index in [9.17, 15) is 10.1 Å². The first kappa shape index (κ1) is 11.3. The van der Waals surface area contributed by atoms with Crippen LogP contribution in [0.25, 0.3) is 0 Å². The number of hydrogen-bond donors (Lipinski definition) is 0. The van der Waals surface area contributed by atoms with Crippen molar-refractivity contribution in [3.8, 4) is 0 Å². The lowest BCUT2D eigenvalue weighted by Crippen LogP contribution is -2.38. The Morgan fingerprint density at radius 3 is 2.88 bits per heavy atom. The molecule has 1 aliphatic rings. The highest BCUT2D eigenvalue weighted by Crippen LogP contribution is 2.23. The van der Waals surface area contributed by atoms with E-state index in [-0.39, 0.29) is 11.5 Å². The molecule has 0 radical (unpaired) electrons. The molecule has 0 amide bonds. The van der Waals surface area contributed by atoms with Crippen LogP contribution < -0.4 is 0 Å². The fraction of sp³-hybridized carbons (Fsp3) is 0.571. The molecule has 0 aromatic carbocycles. The van der Waals surface area contributed by atoms with Crippen molar-refractivity contribution in [2.75, 3.05) is 19.8 Å². The molecular formula is C7H9N5O2S2. The highest BCUT2D eigenvalue weighted by Gasteiger charge is 2.35. The minimum absolute atomic E-state index is 0.174. The van der Waals surface area contributed by atoms with E-state index in [0.29, 0.717) is 10.8 Å². The van der Waals surface area contributed by atoms with Gasteiger partial charge in [0.05, 0.1) is 0 Å². The monoisotopic (exact) mass is 259 g/mol. The Hall–Kier alpha value is -1.22. The van der Waals surface area contributed by atoms with Crippen molar-refractivity contribution in [3.05, 3.63) is 15.1 Å². The predicted molar refractivity (Wildman–Crippen MR) is 61.6 cm³/mol. The van der Waals surface area contributed by atoms with Gasteiger partial charge in [-0.1, -0.05) is 23.1 Å². The minimum atomic E-state index is -0.781. The van der Waals surface area contributed by atoms with E-state index in [1.807, 2.05) is 6.26 Å². The Kier molecular flexibility index (Phi) is 3.06. The summed E-state index contributed by atoms with van der Waals surface area (Å²) < 4.78 is 0.829. The molecule has 7 nitrogen and oxygen atoms in total. The summed E-state index contributed by atoms with van der Waals surface area (Å²) >= 11 is 2.89. The Bertz CT molecular complexity index is 446. The zero-order chi connectivity index (χ0) is 11.7. The molecule has 0 bridgehead atoms. The quantitative estimate of drug-likeness (QED) is 0.448. The molecule has 1 aromatic rings. The van der Waals surface area contributed by atoms with Crippen molar-refractivity contribution in [3.63, 3.8) is 0 Å². The van der Waals surface area contributed by atoms with Crippen molar-refractivity contribution in [2.45, 2.75) is 10.5 Å². The largest absolute Gasteiger partial charge is 0.307 e. The Labute approximate surface area is 99.7 Å². The zero-order valence-electron chi connectivity index (χ0n) is 8.65. The average Bonchev–Trinajstić information content (AvgIpc) is 2.83. The van der Waals surface area contributed by atoms with Crippen LogP contribution >= 0.6 is 23.1 Å². The molecule has 0 aliphatic carbocycles. The molecule has 16 heavy (non-hydrogen) atoms. The van der Waals surface area contributed by atoms with Crippen LogP contribution in [0, 0.1) is 10.1 Å². The average molecular weight is 259 g/mol. The molecule has 2 rings (SSSR count). The van der Waals surface area contributed by atoms with E-state index in [0.717, 1.165) is 4.34 Å². The first-order valence-electron chi connectivity index (χ1n) is 4.42. The molecule has 0 N–H and O–H groups in total. The number of rotatable bonds is 3. The van der Waals surface area contributed by atoms with Crippen molar-refractivity contribution in [1.29, 1.82) is 0 Å². The molecule has 1 atom stereocenters. The Balaban J connectivity index is 2.20. The van der Waals surface area contributed by atoms with Gasteiger partial charge < -0.3 is 0 Å². The third-order valence-corrected chi connectivity index (χ3v) is 4.10.